The van der Waals surface area contributed by atoms with Gasteiger partial charge in [-0.3, -0.25) is 0 Å². The van der Waals surface area contributed by atoms with Crippen molar-refractivity contribution in [3.05, 3.63) is 57.4 Å². The Morgan fingerprint density at radius 1 is 1.07 bits per heavy atom. The van der Waals surface area contributed by atoms with Crippen LogP contribution >= 0.6 is 34.5 Å². The zero-order chi connectivity index (χ0) is 22.1. The minimum Gasteiger partial charge on any atom is -0.497 e. The largest absolute Gasteiger partial charge is 0.573 e. The highest BCUT2D eigenvalue weighted by atomic mass is 35.5. The summed E-state index contributed by atoms with van der Waals surface area (Å²) in [6, 6.07) is 10.4. The van der Waals surface area contributed by atoms with Crippen molar-refractivity contribution in [2.75, 3.05) is 12.4 Å². The first-order valence-electron chi connectivity index (χ1n) is 8.10. The number of anilines is 2. The third kappa shape index (κ3) is 5.10. The van der Waals surface area contributed by atoms with Gasteiger partial charge in [-0.05, 0) is 35.9 Å². The first-order chi connectivity index (χ1) is 14.1. The molecule has 158 valence electrons. The van der Waals surface area contributed by atoms with Gasteiger partial charge in [-0.1, -0.05) is 23.2 Å². The molecule has 0 spiro atoms. The number of carbonyl (C=O) groups is 1. The van der Waals surface area contributed by atoms with E-state index in [4.69, 9.17) is 27.9 Å². The van der Waals surface area contributed by atoms with Gasteiger partial charge in [-0.15, -0.1) is 24.5 Å². The molecule has 0 radical (unpaired) electrons. The van der Waals surface area contributed by atoms with Crippen LogP contribution in [0.5, 0.6) is 11.5 Å². The molecular weight excluding hydrogens is 466 g/mol. The van der Waals surface area contributed by atoms with Crippen LogP contribution in [0.3, 0.4) is 0 Å². The average molecular weight is 478 g/mol. The van der Waals surface area contributed by atoms with E-state index in [0.29, 0.717) is 10.6 Å². The summed E-state index contributed by atoms with van der Waals surface area (Å²) >= 11 is 13.1. The van der Waals surface area contributed by atoms with Gasteiger partial charge in [-0.25, -0.2) is 4.79 Å². The molecule has 2 aromatic carbocycles. The van der Waals surface area contributed by atoms with Gasteiger partial charge >= 0.3 is 12.3 Å². The number of nitrogens with one attached hydrogen (secondary N) is 1. The summed E-state index contributed by atoms with van der Waals surface area (Å²) in [4.78, 5) is 12.3. The number of alkyl halides is 3. The van der Waals surface area contributed by atoms with Gasteiger partial charge in [-0.2, -0.15) is 0 Å². The maximum atomic E-state index is 12.4. The minimum absolute atomic E-state index is 0.0245. The Bertz CT molecular complexity index is 1060. The van der Waals surface area contributed by atoms with Crippen molar-refractivity contribution in [1.82, 2.24) is 0 Å². The highest BCUT2D eigenvalue weighted by Gasteiger charge is 2.31. The van der Waals surface area contributed by atoms with Crippen LogP contribution in [0.25, 0.3) is 10.4 Å². The van der Waals surface area contributed by atoms with Crippen molar-refractivity contribution >= 4 is 51.9 Å². The van der Waals surface area contributed by atoms with Gasteiger partial charge in [0.05, 0.1) is 28.5 Å². The summed E-state index contributed by atoms with van der Waals surface area (Å²) in [5.41, 5.74) is 0.989. The van der Waals surface area contributed by atoms with Crippen molar-refractivity contribution in [3.63, 3.8) is 0 Å². The van der Waals surface area contributed by atoms with Crippen LogP contribution in [0.2, 0.25) is 10.0 Å². The molecule has 1 aromatic heterocycles. The molecule has 0 aliphatic rings. The monoisotopic (exact) mass is 477 g/mol. The maximum absolute atomic E-state index is 12.4. The van der Waals surface area contributed by atoms with E-state index in [1.807, 2.05) is 0 Å². The number of hydrogen-bond acceptors (Lipinski definition) is 5. The van der Waals surface area contributed by atoms with Crippen LogP contribution in [0.1, 0.15) is 9.67 Å². The fraction of sp³-hybridized carbons (Fsp3) is 0.105. The van der Waals surface area contributed by atoms with Crippen molar-refractivity contribution in [3.8, 4) is 21.9 Å². The van der Waals surface area contributed by atoms with Gasteiger partial charge in [0.1, 0.15) is 16.4 Å². The van der Waals surface area contributed by atoms with Gasteiger partial charge in [0, 0.05) is 17.0 Å². The van der Waals surface area contributed by atoms with E-state index in [0.717, 1.165) is 29.0 Å². The number of carboxylic acids is 1. The molecule has 0 aliphatic heterocycles. The molecule has 0 unspecified atom stereocenters. The normalized spacial score (nSPS) is 11.3. The van der Waals surface area contributed by atoms with Gasteiger partial charge in [0.25, 0.3) is 0 Å². The Balaban J connectivity index is 1.96. The molecule has 0 atom stereocenters. The lowest BCUT2D eigenvalue weighted by atomic mass is 10.1. The SMILES string of the molecule is COc1ccc(-c2cc(Nc3c(Cl)cc(OC(F)(F)F)cc3Cl)c(C(=O)O)s2)cc1. The predicted molar refractivity (Wildman–Crippen MR) is 110 cm³/mol. The molecule has 0 aliphatic carbocycles. The molecule has 0 saturated heterocycles. The molecule has 3 aromatic rings. The number of thiophene rings is 1. The topological polar surface area (TPSA) is 67.8 Å². The second kappa shape index (κ2) is 8.63. The summed E-state index contributed by atoms with van der Waals surface area (Å²) < 4.78 is 46.1. The Morgan fingerprint density at radius 3 is 2.17 bits per heavy atom. The van der Waals surface area contributed by atoms with E-state index < -0.39 is 18.1 Å². The van der Waals surface area contributed by atoms with Crippen LogP contribution < -0.4 is 14.8 Å². The molecule has 2 N–H and O–H groups in total. The quantitative estimate of drug-likeness (QED) is 0.397. The fourth-order valence-electron chi connectivity index (χ4n) is 2.54. The second-order valence-corrected chi connectivity index (χ2v) is 7.69. The lowest BCUT2D eigenvalue weighted by molar-refractivity contribution is -0.274. The number of ether oxygens (including phenoxy) is 2. The molecular formula is C19H12Cl2F3NO4S. The standard InChI is InChI=1S/C19H12Cl2F3NO4S/c1-28-10-4-2-9(3-5-10)15-8-14(17(30-15)18(26)27)25-16-12(20)6-11(7-13(16)21)29-19(22,23)24/h2-8,25H,1H3,(H,26,27). The molecule has 1 heterocycles. The van der Waals surface area contributed by atoms with E-state index >= 15 is 0 Å². The van der Waals surface area contributed by atoms with E-state index in [1.54, 1.807) is 30.3 Å². The molecule has 0 amide bonds. The van der Waals surface area contributed by atoms with Crippen molar-refractivity contribution in [2.45, 2.75) is 6.36 Å². The summed E-state index contributed by atoms with van der Waals surface area (Å²) in [7, 11) is 1.53. The number of methoxy groups -OCH3 is 1. The molecule has 30 heavy (non-hydrogen) atoms. The first-order valence-corrected chi connectivity index (χ1v) is 9.68. The summed E-state index contributed by atoms with van der Waals surface area (Å²) in [5, 5.41) is 12.0. The summed E-state index contributed by atoms with van der Waals surface area (Å²) in [6.07, 6.45) is -4.90. The number of hydrogen-bond donors (Lipinski definition) is 2. The second-order valence-electron chi connectivity index (χ2n) is 5.82. The maximum Gasteiger partial charge on any atom is 0.573 e. The Labute approximate surface area is 182 Å². The summed E-state index contributed by atoms with van der Waals surface area (Å²) in [6.45, 7) is 0. The number of aromatic carboxylic acids is 1. The molecule has 11 heteroatoms. The fourth-order valence-corrected chi connectivity index (χ4v) is 4.06. The minimum atomic E-state index is -4.90. The average Bonchev–Trinajstić information content (AvgIpc) is 3.08. The molecule has 0 bridgehead atoms. The van der Waals surface area contributed by atoms with E-state index in [9.17, 15) is 23.1 Å². The van der Waals surface area contributed by atoms with Crippen LogP contribution in [0, 0.1) is 0 Å². The van der Waals surface area contributed by atoms with Crippen molar-refractivity contribution in [2.24, 2.45) is 0 Å². The number of rotatable bonds is 6. The van der Waals surface area contributed by atoms with Crippen LogP contribution in [-0.2, 0) is 0 Å². The molecule has 0 fully saturated rings. The number of benzene rings is 2. The van der Waals surface area contributed by atoms with Crippen molar-refractivity contribution < 1.29 is 32.5 Å². The lowest BCUT2D eigenvalue weighted by Gasteiger charge is -2.14. The van der Waals surface area contributed by atoms with E-state index in [2.05, 4.69) is 10.1 Å². The van der Waals surface area contributed by atoms with Gasteiger partial charge in [0.2, 0.25) is 0 Å². The van der Waals surface area contributed by atoms with Crippen LogP contribution in [-0.4, -0.2) is 24.5 Å². The van der Waals surface area contributed by atoms with Crippen molar-refractivity contribution in [1.29, 1.82) is 0 Å². The van der Waals surface area contributed by atoms with Gasteiger partial charge < -0.3 is 19.9 Å². The highest BCUT2D eigenvalue weighted by molar-refractivity contribution is 7.18. The molecule has 0 saturated carbocycles. The summed E-state index contributed by atoms with van der Waals surface area (Å²) in [5.74, 6) is -1.14. The first kappa shape index (κ1) is 22.1. The van der Waals surface area contributed by atoms with E-state index in [-0.39, 0.29) is 26.3 Å². The van der Waals surface area contributed by atoms with Gasteiger partial charge in [0.15, 0.2) is 0 Å². The Kier molecular flexibility index (Phi) is 6.35. The van der Waals surface area contributed by atoms with Crippen LogP contribution in [0.15, 0.2) is 42.5 Å². The zero-order valence-corrected chi connectivity index (χ0v) is 17.3. The molecule has 5 nitrogen and oxygen atoms in total. The van der Waals surface area contributed by atoms with Crippen LogP contribution in [0.4, 0.5) is 24.5 Å². The number of halogens is 5. The Hall–Kier alpha value is -2.62. The zero-order valence-electron chi connectivity index (χ0n) is 15.0. The molecule has 3 rings (SSSR count). The number of carboxylic acid groups (broad SMARTS) is 1. The smallest absolute Gasteiger partial charge is 0.497 e. The third-order valence-electron chi connectivity index (χ3n) is 3.81. The Morgan fingerprint density at radius 2 is 1.67 bits per heavy atom. The van der Waals surface area contributed by atoms with E-state index in [1.165, 1.54) is 7.11 Å². The third-order valence-corrected chi connectivity index (χ3v) is 5.58. The predicted octanol–water partition coefficient (Wildman–Crippen LogP) is 7.07. The highest BCUT2D eigenvalue weighted by Crippen LogP contribution is 2.42. The lowest BCUT2D eigenvalue weighted by Crippen LogP contribution is -2.17.